The van der Waals surface area contributed by atoms with E-state index in [9.17, 15) is 49.9 Å². The molecule has 2 aromatic heterocycles. The minimum atomic E-state index is -3.28. The zero-order valence-electron chi connectivity index (χ0n) is 37.2. The number of anilines is 2. The fourth-order valence-corrected chi connectivity index (χ4v) is 8.38. The number of amides is 2. The fourth-order valence-electron chi connectivity index (χ4n) is 8.38. The Hall–Kier alpha value is -5.61. The average molecular weight is 889 g/mol. The minimum absolute atomic E-state index is 0.0388. The highest BCUT2D eigenvalue weighted by Gasteiger charge is 2.38. The molecular weight excluding hydrogens is 834 g/mol. The van der Waals surface area contributed by atoms with Gasteiger partial charge in [0.1, 0.15) is 0 Å². The maximum Gasteiger partial charge on any atom is 0.286 e. The number of alkyl halides is 2. The summed E-state index contributed by atoms with van der Waals surface area (Å²) < 4.78 is 99.4. The van der Waals surface area contributed by atoms with E-state index in [4.69, 9.17) is 0 Å². The van der Waals surface area contributed by atoms with Crippen LogP contribution in [0.25, 0.3) is 0 Å². The highest BCUT2D eigenvalue weighted by Crippen LogP contribution is 2.37. The standard InChI is InChI=1S/C22H23F4N3O2.C20H20F3N3O2.2C2H6/c1-12-14-10-29(11-17(14)27(3)21(31)19(12)23)18(30)7-13-8-28(9-13)16-6-4-5-15(20(16)24)22(2,25)26;1-11-13-9-26(10-16(13)24(2)20(28)18(11)22)17(27)6-12-7-25(8-12)15-5-3-4-14(21)19(15)23;2*1-2/h4-6,13H,7-11H2,1-3H3;3-5,12H,6-10H2,1-2H3;2*1-2H3. The lowest BCUT2D eigenvalue weighted by molar-refractivity contribution is -0.133. The summed E-state index contributed by atoms with van der Waals surface area (Å²) in [5.41, 5.74) is 1.48. The molecule has 17 heteroatoms. The number of fused-ring (bicyclic) bond motifs is 2. The van der Waals surface area contributed by atoms with Crippen LogP contribution in [0.3, 0.4) is 0 Å². The Morgan fingerprint density at radius 1 is 0.603 bits per heavy atom. The smallest absolute Gasteiger partial charge is 0.286 e. The molecule has 0 radical (unpaired) electrons. The van der Waals surface area contributed by atoms with Gasteiger partial charge in [0, 0.05) is 96.4 Å². The lowest BCUT2D eigenvalue weighted by Gasteiger charge is -2.41. The lowest BCUT2D eigenvalue weighted by Crippen LogP contribution is -2.49. The molecule has 0 N–H and O–H groups in total. The normalized spacial score (nSPS) is 15.6. The lowest BCUT2D eigenvalue weighted by atomic mass is 9.94. The highest BCUT2D eigenvalue weighted by atomic mass is 19.3. The number of pyridine rings is 2. The number of rotatable bonds is 7. The van der Waals surface area contributed by atoms with Gasteiger partial charge in [-0.3, -0.25) is 19.2 Å². The predicted molar refractivity (Wildman–Crippen MR) is 227 cm³/mol. The summed E-state index contributed by atoms with van der Waals surface area (Å²) in [5.74, 6) is -7.77. The van der Waals surface area contributed by atoms with E-state index < -0.39 is 51.7 Å². The first-order chi connectivity index (χ1) is 29.8. The molecule has 2 fully saturated rings. The molecule has 0 unspecified atom stereocenters. The summed E-state index contributed by atoms with van der Waals surface area (Å²) in [5, 5.41) is 0. The van der Waals surface area contributed by atoms with Gasteiger partial charge in [0.15, 0.2) is 29.1 Å². The van der Waals surface area contributed by atoms with Gasteiger partial charge < -0.3 is 28.7 Å². The summed E-state index contributed by atoms with van der Waals surface area (Å²) >= 11 is 0. The van der Waals surface area contributed by atoms with Crippen molar-refractivity contribution in [3.8, 4) is 0 Å². The molecule has 0 spiro atoms. The Morgan fingerprint density at radius 2 is 0.984 bits per heavy atom. The second kappa shape index (κ2) is 19.4. The van der Waals surface area contributed by atoms with Gasteiger partial charge in [-0.05, 0) is 60.4 Å². The van der Waals surface area contributed by atoms with E-state index in [1.54, 1.807) is 26.5 Å². The highest BCUT2D eigenvalue weighted by molar-refractivity contribution is 5.78. The zero-order chi connectivity index (χ0) is 46.8. The molecule has 0 atom stereocenters. The maximum absolute atomic E-state index is 14.5. The molecular formula is C46H55F7N6O4. The number of carbonyl (C=O) groups is 2. The third-order valence-corrected chi connectivity index (χ3v) is 12.0. The van der Waals surface area contributed by atoms with E-state index in [1.807, 2.05) is 27.7 Å². The Bertz CT molecular complexity index is 2490. The molecule has 0 bridgehead atoms. The summed E-state index contributed by atoms with van der Waals surface area (Å²) in [6.45, 7) is 14.5. The van der Waals surface area contributed by atoms with E-state index in [2.05, 4.69) is 0 Å². The van der Waals surface area contributed by atoms with Gasteiger partial charge in [-0.25, -0.2) is 30.7 Å². The van der Waals surface area contributed by atoms with Crippen LogP contribution in [-0.4, -0.2) is 56.9 Å². The van der Waals surface area contributed by atoms with Crippen molar-refractivity contribution >= 4 is 23.2 Å². The van der Waals surface area contributed by atoms with Crippen LogP contribution in [0.2, 0.25) is 0 Å². The Morgan fingerprint density at radius 3 is 1.38 bits per heavy atom. The second-order valence-electron chi connectivity index (χ2n) is 16.0. The molecule has 0 saturated carbocycles. The number of halogens is 7. The Kier molecular flexibility index (Phi) is 14.9. The van der Waals surface area contributed by atoms with E-state index in [1.165, 1.54) is 54.4 Å². The first-order valence-corrected chi connectivity index (χ1v) is 21.2. The molecule has 2 amide bonds. The van der Waals surface area contributed by atoms with Gasteiger partial charge in [0.2, 0.25) is 11.8 Å². The molecule has 63 heavy (non-hydrogen) atoms. The number of nitrogens with zero attached hydrogens (tertiary/aromatic N) is 6. The third-order valence-electron chi connectivity index (χ3n) is 12.0. The predicted octanol–water partition coefficient (Wildman–Crippen LogP) is 7.98. The monoisotopic (exact) mass is 888 g/mol. The molecule has 342 valence electrons. The number of carbonyl (C=O) groups excluding carboxylic acids is 2. The van der Waals surface area contributed by atoms with Crippen LogP contribution in [0.5, 0.6) is 0 Å². The van der Waals surface area contributed by atoms with Gasteiger partial charge in [0.25, 0.3) is 17.0 Å². The van der Waals surface area contributed by atoms with Crippen LogP contribution in [0.15, 0.2) is 46.0 Å². The topological polar surface area (TPSA) is 91.1 Å². The first kappa shape index (κ1) is 48.4. The largest absolute Gasteiger partial charge is 0.368 e. The molecule has 2 aromatic carbocycles. The van der Waals surface area contributed by atoms with Crippen molar-refractivity contribution < 1.29 is 40.3 Å². The van der Waals surface area contributed by atoms with E-state index in [0.717, 1.165) is 12.1 Å². The molecule has 0 aliphatic carbocycles. The van der Waals surface area contributed by atoms with Crippen molar-refractivity contribution in [2.75, 3.05) is 36.0 Å². The summed E-state index contributed by atoms with van der Waals surface area (Å²) in [4.78, 5) is 55.8. The van der Waals surface area contributed by atoms with Crippen LogP contribution >= 0.6 is 0 Å². The number of hydrogen-bond acceptors (Lipinski definition) is 6. The first-order valence-electron chi connectivity index (χ1n) is 21.2. The van der Waals surface area contributed by atoms with E-state index >= 15 is 0 Å². The van der Waals surface area contributed by atoms with Crippen molar-refractivity contribution in [3.05, 3.63) is 125 Å². The zero-order valence-corrected chi connectivity index (χ0v) is 37.2. The van der Waals surface area contributed by atoms with Crippen molar-refractivity contribution in [2.45, 2.75) is 93.4 Å². The summed E-state index contributed by atoms with van der Waals surface area (Å²) in [6.07, 6.45) is 0.488. The number of benzene rings is 2. The number of hydrogen-bond donors (Lipinski definition) is 0. The Labute approximate surface area is 362 Å². The van der Waals surface area contributed by atoms with Crippen molar-refractivity contribution in [3.63, 3.8) is 0 Å². The molecule has 10 nitrogen and oxygen atoms in total. The average Bonchev–Trinajstić information content (AvgIpc) is 3.90. The van der Waals surface area contributed by atoms with E-state index in [-0.39, 0.29) is 79.6 Å². The fraction of sp³-hybridized carbons (Fsp3) is 0.478. The van der Waals surface area contributed by atoms with Crippen LogP contribution in [-0.2, 0) is 55.8 Å². The van der Waals surface area contributed by atoms with Crippen LogP contribution < -0.4 is 20.9 Å². The van der Waals surface area contributed by atoms with Crippen molar-refractivity contribution in [1.29, 1.82) is 0 Å². The molecule has 6 heterocycles. The SMILES string of the molecule is CC.CC.Cc1c2c(n(C)c(=O)c1F)CN(C(=O)CC1CN(c3cccc(C(C)(F)F)c3F)C1)C2.Cc1c2c(n(C)c(=O)c1F)CN(C(=O)CC1CN(c3cccc(F)c3F)C1)C2. The van der Waals surface area contributed by atoms with E-state index in [0.29, 0.717) is 61.2 Å². The van der Waals surface area contributed by atoms with Crippen LogP contribution in [0, 0.1) is 54.8 Å². The van der Waals surface area contributed by atoms with Gasteiger partial charge in [0.05, 0.1) is 30.0 Å². The molecule has 4 aromatic rings. The van der Waals surface area contributed by atoms with Gasteiger partial charge in [-0.2, -0.15) is 0 Å². The molecule has 8 rings (SSSR count). The summed E-state index contributed by atoms with van der Waals surface area (Å²) in [6, 6.07) is 7.98. The minimum Gasteiger partial charge on any atom is -0.368 e. The van der Waals surface area contributed by atoms with Crippen molar-refractivity contribution in [2.24, 2.45) is 25.9 Å². The molecule has 2 saturated heterocycles. The molecule has 4 aliphatic heterocycles. The molecule has 4 aliphatic rings. The van der Waals surface area contributed by atoms with Gasteiger partial charge in [-0.1, -0.05) is 39.8 Å². The summed E-state index contributed by atoms with van der Waals surface area (Å²) in [7, 11) is 3.00. The van der Waals surface area contributed by atoms with Crippen LogP contribution in [0.1, 0.15) is 86.7 Å². The van der Waals surface area contributed by atoms with Crippen molar-refractivity contribution in [1.82, 2.24) is 18.9 Å². The maximum atomic E-state index is 14.5. The quantitative estimate of drug-likeness (QED) is 0.175. The Balaban J connectivity index is 0.000000221. The number of aromatic nitrogens is 2. The van der Waals surface area contributed by atoms with Gasteiger partial charge >= 0.3 is 0 Å². The van der Waals surface area contributed by atoms with Crippen LogP contribution in [0.4, 0.5) is 42.1 Å². The van der Waals surface area contributed by atoms with Gasteiger partial charge in [-0.15, -0.1) is 0 Å². The third kappa shape index (κ3) is 9.52. The second-order valence-corrected chi connectivity index (χ2v) is 16.0.